The number of nitrogens with one attached hydrogen (secondary N) is 1. The standard InChI is InChI=1S/C14H20N2O2/c1-3-10-5-4-6-11-12(7-8-18-13(10)11)16-14(17)9(2)15/h4-6,9,12H,3,7-8,15H2,1-2H3,(H,16,17)/t9-,12?/m1/s1. The maximum atomic E-state index is 11.7. The molecule has 1 aliphatic heterocycles. The molecule has 1 aromatic rings. The lowest BCUT2D eigenvalue weighted by Gasteiger charge is -2.28. The summed E-state index contributed by atoms with van der Waals surface area (Å²) in [5.41, 5.74) is 7.84. The Balaban J connectivity index is 2.25. The lowest BCUT2D eigenvalue weighted by Crippen LogP contribution is -2.41. The Bertz CT molecular complexity index is 443. The predicted octanol–water partition coefficient (Wildman–Crippen LogP) is 1.54. The minimum atomic E-state index is -0.481. The molecular formula is C14H20N2O2. The van der Waals surface area contributed by atoms with Crippen LogP contribution in [0.1, 0.15) is 37.4 Å². The van der Waals surface area contributed by atoms with E-state index >= 15 is 0 Å². The van der Waals surface area contributed by atoms with Crippen LogP contribution in [0.4, 0.5) is 0 Å². The fraction of sp³-hybridized carbons (Fsp3) is 0.500. The molecule has 1 unspecified atom stereocenters. The van der Waals surface area contributed by atoms with Gasteiger partial charge in [-0.25, -0.2) is 0 Å². The highest BCUT2D eigenvalue weighted by Crippen LogP contribution is 2.35. The highest BCUT2D eigenvalue weighted by molar-refractivity contribution is 5.81. The molecular weight excluding hydrogens is 228 g/mol. The molecule has 1 amide bonds. The first-order valence-electron chi connectivity index (χ1n) is 6.44. The molecule has 0 aliphatic carbocycles. The third-order valence-corrected chi connectivity index (χ3v) is 3.27. The van der Waals surface area contributed by atoms with Crippen molar-refractivity contribution in [1.29, 1.82) is 0 Å². The molecule has 98 valence electrons. The second-order valence-electron chi connectivity index (χ2n) is 4.68. The van der Waals surface area contributed by atoms with Gasteiger partial charge < -0.3 is 15.8 Å². The van der Waals surface area contributed by atoms with E-state index in [4.69, 9.17) is 10.5 Å². The number of ether oxygens (including phenoxy) is 1. The first kappa shape index (κ1) is 12.9. The molecule has 0 spiro atoms. The van der Waals surface area contributed by atoms with Gasteiger partial charge in [-0.05, 0) is 18.9 Å². The number of carbonyl (C=O) groups is 1. The Morgan fingerprint density at radius 3 is 3.06 bits per heavy atom. The molecule has 1 aliphatic rings. The van der Waals surface area contributed by atoms with Crippen molar-refractivity contribution in [2.24, 2.45) is 5.73 Å². The van der Waals surface area contributed by atoms with Crippen molar-refractivity contribution in [2.75, 3.05) is 6.61 Å². The minimum absolute atomic E-state index is 0.0127. The van der Waals surface area contributed by atoms with E-state index in [-0.39, 0.29) is 11.9 Å². The smallest absolute Gasteiger partial charge is 0.237 e. The number of para-hydroxylation sites is 1. The number of aryl methyl sites for hydroxylation is 1. The second-order valence-corrected chi connectivity index (χ2v) is 4.68. The van der Waals surface area contributed by atoms with Gasteiger partial charge in [0.05, 0.1) is 18.7 Å². The van der Waals surface area contributed by atoms with Crippen molar-refractivity contribution in [3.63, 3.8) is 0 Å². The third kappa shape index (κ3) is 2.48. The number of benzene rings is 1. The van der Waals surface area contributed by atoms with Crippen LogP contribution in [0.5, 0.6) is 5.75 Å². The number of fused-ring (bicyclic) bond motifs is 1. The number of hydrogen-bond donors (Lipinski definition) is 2. The normalized spacial score (nSPS) is 19.6. The van der Waals surface area contributed by atoms with Gasteiger partial charge in [-0.1, -0.05) is 25.1 Å². The van der Waals surface area contributed by atoms with Gasteiger partial charge in [0.25, 0.3) is 0 Å². The Hall–Kier alpha value is -1.55. The Morgan fingerprint density at radius 1 is 1.61 bits per heavy atom. The van der Waals surface area contributed by atoms with Crippen molar-refractivity contribution in [3.8, 4) is 5.75 Å². The second kappa shape index (κ2) is 5.40. The van der Waals surface area contributed by atoms with Crippen molar-refractivity contribution in [1.82, 2.24) is 5.32 Å². The summed E-state index contributed by atoms with van der Waals surface area (Å²) < 4.78 is 5.74. The molecule has 2 rings (SSSR count). The van der Waals surface area contributed by atoms with Crippen molar-refractivity contribution in [3.05, 3.63) is 29.3 Å². The van der Waals surface area contributed by atoms with Gasteiger partial charge in [-0.3, -0.25) is 4.79 Å². The van der Waals surface area contributed by atoms with Crippen molar-refractivity contribution < 1.29 is 9.53 Å². The van der Waals surface area contributed by atoms with Gasteiger partial charge in [-0.15, -0.1) is 0 Å². The molecule has 18 heavy (non-hydrogen) atoms. The van der Waals surface area contributed by atoms with Gasteiger partial charge >= 0.3 is 0 Å². The molecule has 3 N–H and O–H groups in total. The van der Waals surface area contributed by atoms with E-state index in [1.54, 1.807) is 6.92 Å². The summed E-state index contributed by atoms with van der Waals surface area (Å²) in [5, 5.41) is 2.98. The topological polar surface area (TPSA) is 64.3 Å². The van der Waals surface area contributed by atoms with Crippen LogP contribution in [0.15, 0.2) is 18.2 Å². The summed E-state index contributed by atoms with van der Waals surface area (Å²) in [6.07, 6.45) is 1.72. The van der Waals surface area contributed by atoms with Crippen LogP contribution in [0.3, 0.4) is 0 Å². The summed E-state index contributed by atoms with van der Waals surface area (Å²) in [4.78, 5) is 11.7. The largest absolute Gasteiger partial charge is 0.493 e. The molecule has 0 aromatic heterocycles. The van der Waals surface area contributed by atoms with Crippen molar-refractivity contribution >= 4 is 5.91 Å². The Labute approximate surface area is 108 Å². The average Bonchev–Trinajstić information content (AvgIpc) is 2.38. The van der Waals surface area contributed by atoms with Gasteiger partial charge in [0.2, 0.25) is 5.91 Å². The maximum Gasteiger partial charge on any atom is 0.237 e. The average molecular weight is 248 g/mol. The van der Waals surface area contributed by atoms with E-state index in [9.17, 15) is 4.79 Å². The van der Waals surface area contributed by atoms with E-state index in [0.717, 1.165) is 24.2 Å². The monoisotopic (exact) mass is 248 g/mol. The number of amides is 1. The lowest BCUT2D eigenvalue weighted by atomic mass is 9.96. The summed E-state index contributed by atoms with van der Waals surface area (Å²) >= 11 is 0. The molecule has 0 radical (unpaired) electrons. The van der Waals surface area contributed by atoms with E-state index in [1.165, 1.54) is 5.56 Å². The van der Waals surface area contributed by atoms with Crippen LogP contribution in [-0.2, 0) is 11.2 Å². The van der Waals surface area contributed by atoms with Gasteiger partial charge in [0.15, 0.2) is 0 Å². The van der Waals surface area contributed by atoms with Crippen LogP contribution in [0.25, 0.3) is 0 Å². The van der Waals surface area contributed by atoms with Crippen LogP contribution in [-0.4, -0.2) is 18.6 Å². The minimum Gasteiger partial charge on any atom is -0.493 e. The predicted molar refractivity (Wildman–Crippen MR) is 70.5 cm³/mol. The number of nitrogens with two attached hydrogens (primary N) is 1. The van der Waals surface area contributed by atoms with Crippen LogP contribution in [0.2, 0.25) is 0 Å². The van der Waals surface area contributed by atoms with E-state index in [2.05, 4.69) is 18.3 Å². The molecule has 2 atom stereocenters. The van der Waals surface area contributed by atoms with Gasteiger partial charge in [0, 0.05) is 12.0 Å². The van der Waals surface area contributed by atoms with Gasteiger partial charge in [-0.2, -0.15) is 0 Å². The Kier molecular flexibility index (Phi) is 3.87. The molecule has 1 aromatic carbocycles. The SMILES string of the molecule is CCc1cccc2c1OCCC2NC(=O)[C@@H](C)N. The molecule has 4 nitrogen and oxygen atoms in total. The van der Waals surface area contributed by atoms with E-state index < -0.39 is 6.04 Å². The van der Waals surface area contributed by atoms with Gasteiger partial charge in [0.1, 0.15) is 5.75 Å². The first-order chi connectivity index (χ1) is 8.63. The van der Waals surface area contributed by atoms with E-state index in [0.29, 0.717) is 6.61 Å². The number of hydrogen-bond acceptors (Lipinski definition) is 3. The quantitative estimate of drug-likeness (QED) is 0.852. The zero-order valence-corrected chi connectivity index (χ0v) is 10.9. The first-order valence-corrected chi connectivity index (χ1v) is 6.44. The highest BCUT2D eigenvalue weighted by Gasteiger charge is 2.25. The summed E-state index contributed by atoms with van der Waals surface area (Å²) in [5.74, 6) is 0.816. The third-order valence-electron chi connectivity index (χ3n) is 3.27. The maximum absolute atomic E-state index is 11.7. The molecule has 0 saturated heterocycles. The highest BCUT2D eigenvalue weighted by atomic mass is 16.5. The fourth-order valence-corrected chi connectivity index (χ4v) is 2.22. The van der Waals surface area contributed by atoms with Crippen molar-refractivity contribution in [2.45, 2.75) is 38.8 Å². The van der Waals surface area contributed by atoms with Crippen LogP contribution >= 0.6 is 0 Å². The van der Waals surface area contributed by atoms with E-state index in [1.807, 2.05) is 12.1 Å². The number of carbonyl (C=O) groups excluding carboxylic acids is 1. The zero-order chi connectivity index (χ0) is 13.1. The Morgan fingerprint density at radius 2 is 2.39 bits per heavy atom. The summed E-state index contributed by atoms with van der Waals surface area (Å²) in [6.45, 7) is 4.43. The summed E-state index contributed by atoms with van der Waals surface area (Å²) in [7, 11) is 0. The number of rotatable bonds is 3. The van der Waals surface area contributed by atoms with Crippen LogP contribution < -0.4 is 15.8 Å². The molecule has 0 bridgehead atoms. The molecule has 0 fully saturated rings. The summed E-state index contributed by atoms with van der Waals surface area (Å²) in [6, 6.07) is 5.62. The zero-order valence-electron chi connectivity index (χ0n) is 10.9. The lowest BCUT2D eigenvalue weighted by molar-refractivity contribution is -0.122. The molecule has 4 heteroatoms. The molecule has 1 heterocycles. The van der Waals surface area contributed by atoms with Crippen LogP contribution in [0, 0.1) is 0 Å². The molecule has 0 saturated carbocycles. The fourth-order valence-electron chi connectivity index (χ4n) is 2.22.